The summed E-state index contributed by atoms with van der Waals surface area (Å²) in [5.74, 6) is 0.158. The first kappa shape index (κ1) is 11.4. The van der Waals surface area contributed by atoms with Gasteiger partial charge in [0, 0.05) is 18.4 Å². The van der Waals surface area contributed by atoms with E-state index in [4.69, 9.17) is 5.73 Å². The molecule has 0 aliphatic carbocycles. The molecule has 0 bridgehead atoms. The van der Waals surface area contributed by atoms with Gasteiger partial charge in [0.2, 0.25) is 0 Å². The van der Waals surface area contributed by atoms with Gasteiger partial charge in [-0.15, -0.1) is 0 Å². The molecular formula is C10H19NO. The maximum absolute atomic E-state index is 11.4. The molecule has 0 fully saturated rings. The van der Waals surface area contributed by atoms with Crippen molar-refractivity contribution in [3.8, 4) is 0 Å². The number of rotatable bonds is 5. The van der Waals surface area contributed by atoms with E-state index in [0.717, 1.165) is 12.0 Å². The molecule has 2 unspecified atom stereocenters. The van der Waals surface area contributed by atoms with Crippen LogP contribution in [0, 0.1) is 5.92 Å². The smallest absolute Gasteiger partial charge is 0.141 e. The predicted molar refractivity (Wildman–Crippen MR) is 51.9 cm³/mol. The maximum Gasteiger partial charge on any atom is 0.141 e. The molecule has 12 heavy (non-hydrogen) atoms. The maximum atomic E-state index is 11.4. The first-order valence-corrected chi connectivity index (χ1v) is 4.44. The van der Waals surface area contributed by atoms with Crippen molar-refractivity contribution in [2.75, 3.05) is 0 Å². The zero-order valence-electron chi connectivity index (χ0n) is 8.26. The standard InChI is InChI=1S/C10H19NO/c1-5-7(2)6-10(12)8(3)9(4)11/h8-9H,2,5-6,11H2,1,3-4H3. The lowest BCUT2D eigenvalue weighted by atomic mass is 9.94. The van der Waals surface area contributed by atoms with Gasteiger partial charge < -0.3 is 5.73 Å². The lowest BCUT2D eigenvalue weighted by Gasteiger charge is -2.14. The molecule has 0 saturated heterocycles. The van der Waals surface area contributed by atoms with Gasteiger partial charge in [-0.2, -0.15) is 0 Å². The number of hydrogen-bond acceptors (Lipinski definition) is 2. The average molecular weight is 169 g/mol. The van der Waals surface area contributed by atoms with Crippen LogP contribution in [0.1, 0.15) is 33.6 Å². The largest absolute Gasteiger partial charge is 0.327 e. The van der Waals surface area contributed by atoms with Crippen LogP contribution in [0.15, 0.2) is 12.2 Å². The molecule has 0 aromatic carbocycles. The Morgan fingerprint density at radius 1 is 1.50 bits per heavy atom. The number of hydrogen-bond donors (Lipinski definition) is 1. The molecule has 0 aliphatic heterocycles. The van der Waals surface area contributed by atoms with Crippen molar-refractivity contribution in [1.29, 1.82) is 0 Å². The molecule has 0 aromatic rings. The number of allylic oxidation sites excluding steroid dienone is 1. The van der Waals surface area contributed by atoms with E-state index in [9.17, 15) is 4.79 Å². The van der Waals surface area contributed by atoms with Crippen molar-refractivity contribution < 1.29 is 4.79 Å². The highest BCUT2D eigenvalue weighted by Crippen LogP contribution is 2.11. The topological polar surface area (TPSA) is 43.1 Å². The molecule has 0 aliphatic rings. The Morgan fingerprint density at radius 2 is 2.00 bits per heavy atom. The van der Waals surface area contributed by atoms with Gasteiger partial charge in [0.15, 0.2) is 0 Å². The number of carbonyl (C=O) groups is 1. The fraction of sp³-hybridized carbons (Fsp3) is 0.700. The van der Waals surface area contributed by atoms with Gasteiger partial charge in [-0.3, -0.25) is 4.79 Å². The second-order valence-corrected chi connectivity index (χ2v) is 3.39. The summed E-state index contributed by atoms with van der Waals surface area (Å²) < 4.78 is 0. The van der Waals surface area contributed by atoms with Crippen LogP contribution < -0.4 is 5.73 Å². The fourth-order valence-electron chi connectivity index (χ4n) is 0.826. The Bertz CT molecular complexity index is 173. The van der Waals surface area contributed by atoms with E-state index in [-0.39, 0.29) is 17.7 Å². The Hall–Kier alpha value is -0.630. The quantitative estimate of drug-likeness (QED) is 0.639. The molecule has 0 amide bonds. The Labute approximate surface area is 74.8 Å². The second kappa shape index (κ2) is 5.09. The molecule has 0 rings (SSSR count). The number of ketones is 1. The third-order valence-corrected chi connectivity index (χ3v) is 2.22. The van der Waals surface area contributed by atoms with E-state index in [1.807, 2.05) is 20.8 Å². The van der Waals surface area contributed by atoms with Gasteiger partial charge in [0.25, 0.3) is 0 Å². The van der Waals surface area contributed by atoms with Gasteiger partial charge in [0.05, 0.1) is 0 Å². The number of Topliss-reactive ketones (excluding diaryl/α,β-unsaturated/α-hetero) is 1. The summed E-state index contributed by atoms with van der Waals surface area (Å²) in [6, 6.07) is -0.0536. The fourth-order valence-corrected chi connectivity index (χ4v) is 0.826. The van der Waals surface area contributed by atoms with Gasteiger partial charge in [-0.1, -0.05) is 26.0 Å². The van der Waals surface area contributed by atoms with E-state index in [0.29, 0.717) is 6.42 Å². The molecule has 2 N–H and O–H groups in total. The zero-order valence-corrected chi connectivity index (χ0v) is 8.26. The number of nitrogens with two attached hydrogens (primary N) is 1. The van der Waals surface area contributed by atoms with Crippen LogP contribution in [0.2, 0.25) is 0 Å². The Morgan fingerprint density at radius 3 is 2.33 bits per heavy atom. The van der Waals surface area contributed by atoms with Crippen LogP contribution in [0.25, 0.3) is 0 Å². The van der Waals surface area contributed by atoms with Crippen LogP contribution >= 0.6 is 0 Å². The van der Waals surface area contributed by atoms with Crippen molar-refractivity contribution >= 4 is 5.78 Å². The van der Waals surface area contributed by atoms with Crippen LogP contribution in [0.5, 0.6) is 0 Å². The second-order valence-electron chi connectivity index (χ2n) is 3.39. The molecule has 2 nitrogen and oxygen atoms in total. The van der Waals surface area contributed by atoms with Gasteiger partial charge in [0.1, 0.15) is 5.78 Å². The summed E-state index contributed by atoms with van der Waals surface area (Å²) in [4.78, 5) is 11.4. The van der Waals surface area contributed by atoms with Crippen molar-refractivity contribution in [1.82, 2.24) is 0 Å². The Kier molecular flexibility index (Phi) is 4.83. The summed E-state index contributed by atoms with van der Waals surface area (Å²) in [5.41, 5.74) is 6.60. The van der Waals surface area contributed by atoms with Crippen LogP contribution in [0.4, 0.5) is 0 Å². The normalized spacial score (nSPS) is 15.3. The molecule has 0 heterocycles. The highest BCUT2D eigenvalue weighted by atomic mass is 16.1. The van der Waals surface area contributed by atoms with E-state index >= 15 is 0 Å². The van der Waals surface area contributed by atoms with Crippen molar-refractivity contribution in [3.05, 3.63) is 12.2 Å². The van der Waals surface area contributed by atoms with Crippen molar-refractivity contribution in [2.45, 2.75) is 39.7 Å². The summed E-state index contributed by atoms with van der Waals surface area (Å²) >= 11 is 0. The molecule has 70 valence electrons. The molecular weight excluding hydrogens is 150 g/mol. The lowest BCUT2D eigenvalue weighted by molar-refractivity contribution is -0.122. The molecule has 0 spiro atoms. The summed E-state index contributed by atoms with van der Waals surface area (Å²) in [5, 5.41) is 0. The van der Waals surface area contributed by atoms with E-state index in [1.54, 1.807) is 0 Å². The SMILES string of the molecule is C=C(CC)CC(=O)C(C)C(C)N. The molecule has 0 radical (unpaired) electrons. The third kappa shape index (κ3) is 3.67. The Balaban J connectivity index is 3.96. The summed E-state index contributed by atoms with van der Waals surface area (Å²) in [7, 11) is 0. The molecule has 2 heteroatoms. The monoisotopic (exact) mass is 169 g/mol. The minimum absolute atomic E-state index is 0.0479. The minimum Gasteiger partial charge on any atom is -0.327 e. The van der Waals surface area contributed by atoms with Gasteiger partial charge in [-0.05, 0) is 13.3 Å². The number of carbonyl (C=O) groups excluding carboxylic acids is 1. The highest BCUT2D eigenvalue weighted by Gasteiger charge is 2.16. The van der Waals surface area contributed by atoms with Crippen LogP contribution in [-0.2, 0) is 4.79 Å². The van der Waals surface area contributed by atoms with Crippen molar-refractivity contribution in [2.24, 2.45) is 11.7 Å². The first-order valence-electron chi connectivity index (χ1n) is 4.44. The van der Waals surface area contributed by atoms with Crippen LogP contribution in [-0.4, -0.2) is 11.8 Å². The van der Waals surface area contributed by atoms with E-state index < -0.39 is 0 Å². The average Bonchev–Trinajstić information content (AvgIpc) is 2.02. The third-order valence-electron chi connectivity index (χ3n) is 2.22. The minimum atomic E-state index is -0.0536. The van der Waals surface area contributed by atoms with Crippen molar-refractivity contribution in [3.63, 3.8) is 0 Å². The predicted octanol–water partition coefficient (Wildman–Crippen LogP) is 1.90. The zero-order chi connectivity index (χ0) is 9.72. The highest BCUT2D eigenvalue weighted by molar-refractivity contribution is 5.83. The summed E-state index contributed by atoms with van der Waals surface area (Å²) in [6.45, 7) is 9.53. The van der Waals surface area contributed by atoms with E-state index in [2.05, 4.69) is 6.58 Å². The van der Waals surface area contributed by atoms with Gasteiger partial charge >= 0.3 is 0 Å². The van der Waals surface area contributed by atoms with Crippen LogP contribution in [0.3, 0.4) is 0 Å². The van der Waals surface area contributed by atoms with E-state index in [1.165, 1.54) is 0 Å². The molecule has 0 aromatic heterocycles. The molecule has 0 saturated carbocycles. The lowest BCUT2D eigenvalue weighted by Crippen LogP contribution is -2.30. The molecule has 2 atom stereocenters. The van der Waals surface area contributed by atoms with Gasteiger partial charge in [-0.25, -0.2) is 0 Å². The summed E-state index contributed by atoms with van der Waals surface area (Å²) in [6.07, 6.45) is 1.36. The first-order chi connectivity index (χ1) is 5.49.